The standard InChI is InChI=1S/C12H8ClF3N2O/c1-18-10(12(14,15)16)6-9(17-18)11(19)7-2-4-8(13)5-3-7/h2-6H,1H3. The van der Waals surface area contributed by atoms with Crippen LogP contribution >= 0.6 is 11.6 Å². The van der Waals surface area contributed by atoms with E-state index in [1.54, 1.807) is 0 Å². The first-order valence-electron chi connectivity index (χ1n) is 5.20. The van der Waals surface area contributed by atoms with Crippen molar-refractivity contribution in [1.82, 2.24) is 9.78 Å². The van der Waals surface area contributed by atoms with E-state index < -0.39 is 17.7 Å². The van der Waals surface area contributed by atoms with Crippen molar-refractivity contribution in [3.8, 4) is 0 Å². The summed E-state index contributed by atoms with van der Waals surface area (Å²) in [6.07, 6.45) is -4.54. The molecule has 0 aliphatic carbocycles. The Bertz CT molecular complexity index is 617. The highest BCUT2D eigenvalue weighted by Crippen LogP contribution is 2.29. The van der Waals surface area contributed by atoms with Crippen LogP contribution in [0.2, 0.25) is 5.02 Å². The van der Waals surface area contributed by atoms with Crippen LogP contribution in [0.25, 0.3) is 0 Å². The van der Waals surface area contributed by atoms with Gasteiger partial charge in [-0.25, -0.2) is 0 Å². The molecule has 0 aliphatic heterocycles. The number of carbonyl (C=O) groups is 1. The average molecular weight is 289 g/mol. The minimum atomic E-state index is -4.54. The van der Waals surface area contributed by atoms with Gasteiger partial charge in [-0.3, -0.25) is 9.48 Å². The lowest BCUT2D eigenvalue weighted by Crippen LogP contribution is -2.11. The Balaban J connectivity index is 2.38. The van der Waals surface area contributed by atoms with Gasteiger partial charge >= 0.3 is 6.18 Å². The van der Waals surface area contributed by atoms with Gasteiger partial charge in [0.05, 0.1) is 0 Å². The Hall–Kier alpha value is -1.82. The molecule has 0 aliphatic rings. The summed E-state index contributed by atoms with van der Waals surface area (Å²) in [5.41, 5.74) is -0.988. The highest BCUT2D eigenvalue weighted by molar-refractivity contribution is 6.30. The van der Waals surface area contributed by atoms with Crippen molar-refractivity contribution in [1.29, 1.82) is 0 Å². The van der Waals surface area contributed by atoms with Gasteiger partial charge in [-0.15, -0.1) is 0 Å². The van der Waals surface area contributed by atoms with E-state index in [0.717, 1.165) is 13.1 Å². The molecule has 2 aromatic rings. The molecule has 0 saturated heterocycles. The van der Waals surface area contributed by atoms with Crippen LogP contribution in [-0.2, 0) is 13.2 Å². The van der Waals surface area contributed by atoms with Gasteiger partial charge in [-0.05, 0) is 30.3 Å². The topological polar surface area (TPSA) is 34.9 Å². The van der Waals surface area contributed by atoms with E-state index >= 15 is 0 Å². The molecule has 0 fully saturated rings. The number of aromatic nitrogens is 2. The summed E-state index contributed by atoms with van der Waals surface area (Å²) in [7, 11) is 1.14. The first-order valence-corrected chi connectivity index (χ1v) is 5.58. The second kappa shape index (κ2) is 4.70. The molecule has 7 heteroatoms. The van der Waals surface area contributed by atoms with Crippen LogP contribution in [0.4, 0.5) is 13.2 Å². The second-order valence-corrected chi connectivity index (χ2v) is 4.31. The van der Waals surface area contributed by atoms with Gasteiger partial charge in [0.1, 0.15) is 11.4 Å². The Morgan fingerprint density at radius 2 is 1.84 bits per heavy atom. The maximum Gasteiger partial charge on any atom is 0.433 e. The molecule has 1 aromatic heterocycles. The van der Waals surface area contributed by atoms with Gasteiger partial charge in [0, 0.05) is 17.6 Å². The zero-order valence-electron chi connectivity index (χ0n) is 9.70. The molecular formula is C12H8ClF3N2O. The molecule has 0 amide bonds. The quantitative estimate of drug-likeness (QED) is 0.795. The van der Waals surface area contributed by atoms with Crippen LogP contribution in [0.1, 0.15) is 21.7 Å². The lowest BCUT2D eigenvalue weighted by atomic mass is 10.1. The minimum absolute atomic E-state index is 0.233. The molecule has 1 aromatic carbocycles. The summed E-state index contributed by atoms with van der Waals surface area (Å²) < 4.78 is 38.4. The third-order valence-electron chi connectivity index (χ3n) is 2.51. The monoisotopic (exact) mass is 288 g/mol. The normalized spacial score (nSPS) is 11.6. The number of carbonyl (C=O) groups excluding carboxylic acids is 1. The van der Waals surface area contributed by atoms with Gasteiger partial charge in [-0.2, -0.15) is 18.3 Å². The smallest absolute Gasteiger partial charge is 0.287 e. The molecule has 3 nitrogen and oxygen atoms in total. The molecule has 0 radical (unpaired) electrons. The Labute approximate surface area is 111 Å². The molecular weight excluding hydrogens is 281 g/mol. The first-order chi connectivity index (χ1) is 8.79. The van der Waals surface area contributed by atoms with E-state index in [1.165, 1.54) is 24.3 Å². The van der Waals surface area contributed by atoms with Crippen molar-refractivity contribution in [2.45, 2.75) is 6.18 Å². The lowest BCUT2D eigenvalue weighted by Gasteiger charge is -2.04. The fraction of sp³-hybridized carbons (Fsp3) is 0.167. The molecule has 0 atom stereocenters. The summed E-state index contributed by atoms with van der Waals surface area (Å²) in [5.74, 6) is -0.581. The summed E-state index contributed by atoms with van der Waals surface area (Å²) in [6, 6.07) is 6.58. The molecule has 0 saturated carbocycles. The van der Waals surface area contributed by atoms with Crippen molar-refractivity contribution in [2.75, 3.05) is 0 Å². The summed E-state index contributed by atoms with van der Waals surface area (Å²) in [5, 5.41) is 4.03. The van der Waals surface area contributed by atoms with E-state index in [9.17, 15) is 18.0 Å². The van der Waals surface area contributed by atoms with E-state index in [2.05, 4.69) is 5.10 Å². The Morgan fingerprint density at radius 3 is 2.32 bits per heavy atom. The number of aryl methyl sites for hydroxylation is 1. The van der Waals surface area contributed by atoms with Crippen molar-refractivity contribution in [3.63, 3.8) is 0 Å². The molecule has 100 valence electrons. The van der Waals surface area contributed by atoms with E-state index in [-0.39, 0.29) is 11.3 Å². The zero-order valence-corrected chi connectivity index (χ0v) is 10.5. The van der Waals surface area contributed by atoms with Gasteiger partial charge in [0.2, 0.25) is 5.78 Å². The van der Waals surface area contributed by atoms with Crippen LogP contribution in [0.5, 0.6) is 0 Å². The number of benzene rings is 1. The third-order valence-corrected chi connectivity index (χ3v) is 2.76. The predicted octanol–water partition coefficient (Wildman–Crippen LogP) is 3.32. The number of ketones is 1. The maximum atomic E-state index is 12.6. The van der Waals surface area contributed by atoms with Crippen molar-refractivity contribution >= 4 is 17.4 Å². The van der Waals surface area contributed by atoms with E-state index in [0.29, 0.717) is 9.70 Å². The minimum Gasteiger partial charge on any atom is -0.287 e. The molecule has 1 heterocycles. The molecule has 0 spiro atoms. The molecule has 19 heavy (non-hydrogen) atoms. The average Bonchev–Trinajstić information content (AvgIpc) is 2.71. The molecule has 0 N–H and O–H groups in total. The highest BCUT2D eigenvalue weighted by atomic mass is 35.5. The van der Waals surface area contributed by atoms with E-state index in [1.807, 2.05) is 0 Å². The second-order valence-electron chi connectivity index (χ2n) is 3.87. The maximum absolute atomic E-state index is 12.6. The van der Waals surface area contributed by atoms with Crippen LogP contribution in [0, 0.1) is 0 Å². The summed E-state index contributed by atoms with van der Waals surface area (Å²) in [6.45, 7) is 0. The van der Waals surface area contributed by atoms with E-state index in [4.69, 9.17) is 11.6 Å². The third kappa shape index (κ3) is 2.78. The number of hydrogen-bond acceptors (Lipinski definition) is 2. The number of alkyl halides is 3. The fourth-order valence-corrected chi connectivity index (χ4v) is 1.72. The van der Waals surface area contributed by atoms with Crippen LogP contribution in [0.15, 0.2) is 30.3 Å². The Kier molecular flexibility index (Phi) is 3.36. The van der Waals surface area contributed by atoms with Crippen LogP contribution < -0.4 is 0 Å². The van der Waals surface area contributed by atoms with Crippen molar-refractivity contribution < 1.29 is 18.0 Å². The summed E-state index contributed by atoms with van der Waals surface area (Å²) in [4.78, 5) is 12.0. The lowest BCUT2D eigenvalue weighted by molar-refractivity contribution is -0.143. The van der Waals surface area contributed by atoms with Gasteiger partial charge in [0.15, 0.2) is 0 Å². The van der Waals surface area contributed by atoms with Gasteiger partial charge in [-0.1, -0.05) is 11.6 Å². The molecule has 0 unspecified atom stereocenters. The first kappa shape index (κ1) is 13.6. The number of nitrogens with zero attached hydrogens (tertiary/aromatic N) is 2. The number of halogens is 4. The summed E-state index contributed by atoms with van der Waals surface area (Å²) >= 11 is 5.67. The number of hydrogen-bond donors (Lipinski definition) is 0. The van der Waals surface area contributed by atoms with Crippen molar-refractivity contribution in [2.24, 2.45) is 7.05 Å². The van der Waals surface area contributed by atoms with Crippen LogP contribution in [-0.4, -0.2) is 15.6 Å². The zero-order chi connectivity index (χ0) is 14.2. The Morgan fingerprint density at radius 1 is 1.26 bits per heavy atom. The predicted molar refractivity (Wildman–Crippen MR) is 63.1 cm³/mol. The largest absolute Gasteiger partial charge is 0.433 e. The van der Waals surface area contributed by atoms with Gasteiger partial charge < -0.3 is 0 Å². The fourth-order valence-electron chi connectivity index (χ4n) is 1.59. The van der Waals surface area contributed by atoms with Gasteiger partial charge in [0.25, 0.3) is 0 Å². The van der Waals surface area contributed by atoms with Crippen LogP contribution in [0.3, 0.4) is 0 Å². The van der Waals surface area contributed by atoms with Crippen molar-refractivity contribution in [3.05, 3.63) is 52.3 Å². The number of rotatable bonds is 2. The molecule has 2 rings (SSSR count). The molecule has 0 bridgehead atoms. The SMILES string of the molecule is Cn1nc(C(=O)c2ccc(Cl)cc2)cc1C(F)(F)F. The highest BCUT2D eigenvalue weighted by Gasteiger charge is 2.35.